The predicted octanol–water partition coefficient (Wildman–Crippen LogP) is 5.12. The normalized spacial score (nSPS) is 20.6. The molecule has 71 heavy (non-hydrogen) atoms. The quantitative estimate of drug-likeness (QED) is 0.0544. The molecule has 4 aromatic carbocycles. The molecule has 7 rings (SSSR count). The fourth-order valence-corrected chi connectivity index (χ4v) is 11.0. The highest BCUT2D eigenvalue weighted by Crippen LogP contribution is 2.61. The fourth-order valence-electron chi connectivity index (χ4n) is 10.5. The number of nitrogens with one attached hydrogen (secondary N) is 5. The van der Waals surface area contributed by atoms with Crippen molar-refractivity contribution in [2.45, 2.75) is 102 Å². The number of nitrogens with two attached hydrogens (primary N) is 1. The molecule has 16 nitrogen and oxygen atoms in total. The van der Waals surface area contributed by atoms with Gasteiger partial charge in [0.05, 0.1) is 26.1 Å². The lowest BCUT2D eigenvalue weighted by atomic mass is 9.55. The van der Waals surface area contributed by atoms with Gasteiger partial charge in [-0.1, -0.05) is 84.7 Å². The molecule has 0 saturated heterocycles. The van der Waals surface area contributed by atoms with Gasteiger partial charge in [0.1, 0.15) is 36.3 Å². The number of carbonyl (C=O) groups excluding carboxylic acids is 7. The number of benzene rings is 4. The molecule has 7 atom stereocenters. The van der Waals surface area contributed by atoms with E-state index in [-0.39, 0.29) is 49.6 Å². The van der Waals surface area contributed by atoms with Gasteiger partial charge in [-0.25, -0.2) is 0 Å². The summed E-state index contributed by atoms with van der Waals surface area (Å²) in [6, 6.07) is 24.3. The number of aromatic hydroxyl groups is 1. The molecule has 18 heteroatoms. The van der Waals surface area contributed by atoms with Crippen LogP contribution in [0.3, 0.4) is 0 Å². The molecule has 3 aliphatic carbocycles. The molecule has 4 aromatic rings. The Morgan fingerprint density at radius 1 is 0.718 bits per heavy atom. The van der Waals surface area contributed by atoms with Crippen molar-refractivity contribution in [3.05, 3.63) is 129 Å². The summed E-state index contributed by atoms with van der Waals surface area (Å²) >= 11 is 12.6. The highest BCUT2D eigenvalue weighted by atomic mass is 35.5. The van der Waals surface area contributed by atoms with E-state index in [1.807, 2.05) is 6.07 Å². The third-order valence-electron chi connectivity index (χ3n) is 14.2. The summed E-state index contributed by atoms with van der Waals surface area (Å²) < 4.78 is 12.0. The molecule has 3 aliphatic rings. The number of fused-ring (bicyclic) bond motifs is 5. The highest BCUT2D eigenvalue weighted by molar-refractivity contribution is 6.36. The van der Waals surface area contributed by atoms with Gasteiger partial charge in [-0.2, -0.15) is 0 Å². The Bertz CT molecular complexity index is 2580. The summed E-state index contributed by atoms with van der Waals surface area (Å²) in [6.07, 6.45) is 4.85. The lowest BCUT2D eigenvalue weighted by Crippen LogP contribution is -2.53. The van der Waals surface area contributed by atoms with Crippen molar-refractivity contribution in [3.8, 4) is 11.5 Å². The van der Waals surface area contributed by atoms with Crippen LogP contribution in [0.1, 0.15) is 85.6 Å². The summed E-state index contributed by atoms with van der Waals surface area (Å²) in [5.41, 5.74) is 9.50. The molecule has 8 N–H and O–H groups in total. The molecule has 0 aliphatic heterocycles. The van der Waals surface area contributed by atoms with Gasteiger partial charge in [-0.05, 0) is 115 Å². The minimum Gasteiger partial charge on any atom is -0.508 e. The number of carbonyl (C=O) groups is 7. The number of phenols is 1. The van der Waals surface area contributed by atoms with E-state index < -0.39 is 73.1 Å². The van der Waals surface area contributed by atoms with Crippen molar-refractivity contribution in [2.75, 3.05) is 19.6 Å². The molecule has 0 radical (unpaired) electrons. The van der Waals surface area contributed by atoms with Crippen LogP contribution in [0.15, 0.2) is 91.0 Å². The van der Waals surface area contributed by atoms with E-state index in [2.05, 4.69) is 39.6 Å². The highest BCUT2D eigenvalue weighted by Gasteiger charge is 2.56. The Morgan fingerprint density at radius 3 is 2.06 bits per heavy atom. The number of amides is 6. The summed E-state index contributed by atoms with van der Waals surface area (Å²) in [4.78, 5) is 90.6. The van der Waals surface area contributed by atoms with E-state index in [4.69, 9.17) is 38.4 Å². The maximum Gasteiger partial charge on any atom is 0.306 e. The van der Waals surface area contributed by atoms with Crippen molar-refractivity contribution in [2.24, 2.45) is 23.0 Å². The first kappa shape index (κ1) is 52.2. The van der Waals surface area contributed by atoms with Crippen molar-refractivity contribution in [1.82, 2.24) is 26.6 Å². The molecule has 2 saturated carbocycles. The summed E-state index contributed by atoms with van der Waals surface area (Å²) in [6.45, 7) is 0.793. The number of ether oxygens (including phenoxy) is 2. The Morgan fingerprint density at radius 2 is 1.37 bits per heavy atom. The molecule has 2 fully saturated rings. The average Bonchev–Trinajstić information content (AvgIpc) is 3.68. The van der Waals surface area contributed by atoms with Crippen molar-refractivity contribution in [3.63, 3.8) is 0 Å². The van der Waals surface area contributed by atoms with Gasteiger partial charge < -0.3 is 46.9 Å². The van der Waals surface area contributed by atoms with Crippen LogP contribution >= 0.6 is 23.2 Å². The first-order valence-electron chi connectivity index (χ1n) is 23.9. The minimum atomic E-state index is -1.18. The molecule has 6 amide bonds. The number of hydrogen-bond donors (Lipinski definition) is 7. The van der Waals surface area contributed by atoms with Gasteiger partial charge in [0.15, 0.2) is 0 Å². The molecule has 0 spiro atoms. The molecular weight excluding hydrogens is 952 g/mol. The van der Waals surface area contributed by atoms with E-state index in [9.17, 15) is 38.7 Å². The van der Waals surface area contributed by atoms with E-state index in [0.29, 0.717) is 44.7 Å². The second-order valence-electron chi connectivity index (χ2n) is 18.8. The largest absolute Gasteiger partial charge is 0.508 e. The maximum absolute atomic E-state index is 13.7. The number of phenolic OH excluding ortho intramolecular Hbond substituents is 1. The lowest BCUT2D eigenvalue weighted by Gasteiger charge is -2.50. The van der Waals surface area contributed by atoms with Gasteiger partial charge in [0.25, 0.3) is 0 Å². The number of esters is 1. The first-order valence-corrected chi connectivity index (χ1v) is 24.7. The number of hydrogen-bond acceptors (Lipinski definition) is 10. The maximum atomic E-state index is 13.7. The molecule has 0 heterocycles. The van der Waals surface area contributed by atoms with Crippen LogP contribution in [0.4, 0.5) is 0 Å². The predicted molar refractivity (Wildman–Crippen MR) is 265 cm³/mol. The zero-order valence-electron chi connectivity index (χ0n) is 39.5. The second-order valence-corrected chi connectivity index (χ2v) is 19.7. The molecule has 0 bridgehead atoms. The van der Waals surface area contributed by atoms with Gasteiger partial charge in [-0.3, -0.25) is 33.6 Å². The van der Waals surface area contributed by atoms with Crippen LogP contribution < -0.4 is 37.1 Å². The Labute approximate surface area is 422 Å². The van der Waals surface area contributed by atoms with Crippen LogP contribution in [-0.4, -0.2) is 84.3 Å². The topological polar surface area (TPSA) is 244 Å². The second kappa shape index (κ2) is 24.0. The van der Waals surface area contributed by atoms with E-state index >= 15 is 0 Å². The number of halogens is 2. The molecular formula is C53H60Cl2N6O10. The zero-order valence-corrected chi connectivity index (χ0v) is 41.0. The van der Waals surface area contributed by atoms with Crippen LogP contribution in [0.2, 0.25) is 10.0 Å². The Balaban J connectivity index is 0.931. The van der Waals surface area contributed by atoms with Crippen LogP contribution in [0, 0.1) is 17.3 Å². The van der Waals surface area contributed by atoms with E-state index in [0.717, 1.165) is 44.1 Å². The van der Waals surface area contributed by atoms with Crippen molar-refractivity contribution < 1.29 is 48.1 Å². The lowest BCUT2D eigenvalue weighted by molar-refractivity contribution is -0.158. The van der Waals surface area contributed by atoms with Crippen LogP contribution in [0.5, 0.6) is 11.5 Å². The smallest absolute Gasteiger partial charge is 0.306 e. The molecule has 0 unspecified atom stereocenters. The van der Waals surface area contributed by atoms with Gasteiger partial charge >= 0.3 is 5.97 Å². The van der Waals surface area contributed by atoms with Crippen LogP contribution in [-0.2, 0) is 64.2 Å². The minimum absolute atomic E-state index is 0.00109. The van der Waals surface area contributed by atoms with Crippen LogP contribution in [0.25, 0.3) is 0 Å². The van der Waals surface area contributed by atoms with Crippen molar-refractivity contribution >= 4 is 64.6 Å². The molecule has 0 aromatic heterocycles. The number of primary amides is 1. The number of rotatable bonds is 21. The van der Waals surface area contributed by atoms with Crippen molar-refractivity contribution in [1.29, 1.82) is 0 Å². The first-order chi connectivity index (χ1) is 34.1. The Hall–Kier alpha value is -6.65. The summed E-state index contributed by atoms with van der Waals surface area (Å²) in [7, 11) is 0. The van der Waals surface area contributed by atoms with E-state index in [1.54, 1.807) is 78.9 Å². The SMILES string of the molecule is C[C@]12CC[C@@H]3c4ccc(O)cc4CC[C@H]3[C@@H]1CC[C@@H]2OC(=O)CCC(=O)N[C@@H](Cc1ccc(OCc2c(Cl)cccc2Cl)cc1)C(=O)NCC(=O)NCC(=O)N[C@@H](Cc1ccccc1)C(=O)NCC(N)=O. The zero-order chi connectivity index (χ0) is 50.7. The fraction of sp³-hybridized carbons (Fsp3) is 0.415. The summed E-state index contributed by atoms with van der Waals surface area (Å²) in [5, 5.41) is 23.6. The number of aryl methyl sites for hydroxylation is 1. The van der Waals surface area contributed by atoms with Gasteiger partial charge in [-0.15, -0.1) is 0 Å². The van der Waals surface area contributed by atoms with Gasteiger partial charge in [0.2, 0.25) is 35.4 Å². The van der Waals surface area contributed by atoms with Gasteiger partial charge in [0, 0.05) is 40.3 Å². The monoisotopic (exact) mass is 1010 g/mol. The average molecular weight is 1010 g/mol. The summed E-state index contributed by atoms with van der Waals surface area (Å²) in [5.74, 6) is -2.59. The molecule has 376 valence electrons. The van der Waals surface area contributed by atoms with E-state index in [1.165, 1.54) is 11.1 Å². The standard InChI is InChI=1S/C53H60Cl2N6O10/c1-53-23-22-37-36-17-13-34(62)26-33(36)12-16-38(37)40(53)18-19-45(53)71-50(67)21-20-47(64)60-43(25-32-10-14-35(15-11-32)70-30-39-41(54)8-5-9-42(39)55)52(69)59-28-48(65)57-29-49(66)61-44(51(68)58-27-46(56)63)24-31-6-3-2-4-7-31/h2-11,13-15,17,26,37-38,40,43-45,62H,12,16,18-25,27-30H2,1H3,(H2,56,63)(H,57,65)(H,58,68)(H,59,69)(H,60,64)(H,61,66)/t37-,38-,40+,43+,44+,45+,53+/m1/s1. The third kappa shape index (κ3) is 13.8. The third-order valence-corrected chi connectivity index (χ3v) is 14.9. The Kier molecular flexibility index (Phi) is 17.6.